The molecule has 1 N–H and O–H groups in total. The summed E-state index contributed by atoms with van der Waals surface area (Å²) in [6, 6.07) is 9.69. The van der Waals surface area contributed by atoms with Crippen LogP contribution >= 0.6 is 11.3 Å². The van der Waals surface area contributed by atoms with E-state index in [1.165, 1.54) is 20.2 Å². The molecule has 0 radical (unpaired) electrons. The van der Waals surface area contributed by atoms with Crippen LogP contribution < -0.4 is 4.90 Å². The van der Waals surface area contributed by atoms with E-state index < -0.39 is 0 Å². The van der Waals surface area contributed by atoms with Crippen molar-refractivity contribution in [2.45, 2.75) is 25.8 Å². The lowest BCUT2D eigenvalue weighted by Crippen LogP contribution is -3.14. The molecule has 2 aliphatic rings. The second kappa shape index (κ2) is 5.58. The molecule has 0 saturated carbocycles. The van der Waals surface area contributed by atoms with Gasteiger partial charge in [-0.3, -0.25) is 9.59 Å². The molecule has 0 fully saturated rings. The summed E-state index contributed by atoms with van der Waals surface area (Å²) in [6.07, 6.45) is 2.05. The summed E-state index contributed by atoms with van der Waals surface area (Å²) in [5.74, 6) is -0.298. The van der Waals surface area contributed by atoms with Crippen molar-refractivity contribution >= 4 is 23.2 Å². The summed E-state index contributed by atoms with van der Waals surface area (Å²) in [5, 5.41) is 2.15. The highest BCUT2D eigenvalue weighted by Crippen LogP contribution is 2.27. The Labute approximate surface area is 139 Å². The molecule has 2 aromatic rings. The van der Waals surface area contributed by atoms with Crippen molar-refractivity contribution < 1.29 is 14.5 Å². The van der Waals surface area contributed by atoms with Crippen LogP contribution in [-0.4, -0.2) is 29.9 Å². The SMILES string of the molecule is CC[C@@H]1c2ccsc2CC[NH+]1CN1C(=O)c2ccccc2C1=O. The first-order chi connectivity index (χ1) is 11.2. The molecule has 0 spiro atoms. The number of benzene rings is 1. The van der Waals surface area contributed by atoms with Crippen LogP contribution in [0.5, 0.6) is 0 Å². The van der Waals surface area contributed by atoms with Gasteiger partial charge in [-0.2, -0.15) is 0 Å². The number of rotatable bonds is 3. The number of carbonyl (C=O) groups excluding carboxylic acids is 2. The van der Waals surface area contributed by atoms with Crippen LogP contribution in [-0.2, 0) is 6.42 Å². The van der Waals surface area contributed by atoms with E-state index in [0.717, 1.165) is 19.4 Å². The third-order valence-electron chi connectivity index (χ3n) is 4.97. The molecule has 2 aliphatic heterocycles. The highest BCUT2D eigenvalue weighted by Gasteiger charge is 2.40. The summed E-state index contributed by atoms with van der Waals surface area (Å²) < 4.78 is 0. The van der Waals surface area contributed by atoms with Gasteiger partial charge < -0.3 is 4.90 Å². The van der Waals surface area contributed by atoms with Crippen molar-refractivity contribution in [3.63, 3.8) is 0 Å². The zero-order chi connectivity index (χ0) is 16.0. The minimum atomic E-state index is -0.149. The van der Waals surface area contributed by atoms with Gasteiger partial charge in [0, 0.05) is 23.3 Å². The van der Waals surface area contributed by atoms with E-state index in [1.54, 1.807) is 12.1 Å². The smallest absolute Gasteiger partial charge is 0.265 e. The topological polar surface area (TPSA) is 41.8 Å². The van der Waals surface area contributed by atoms with Crippen molar-refractivity contribution in [3.8, 4) is 0 Å². The van der Waals surface area contributed by atoms with E-state index in [0.29, 0.717) is 23.8 Å². The Morgan fingerprint density at radius 3 is 2.52 bits per heavy atom. The predicted molar refractivity (Wildman–Crippen MR) is 88.7 cm³/mol. The Kier molecular flexibility index (Phi) is 3.54. The van der Waals surface area contributed by atoms with Crippen LogP contribution in [0.15, 0.2) is 35.7 Å². The number of thiophene rings is 1. The Morgan fingerprint density at radius 1 is 1.17 bits per heavy atom. The fourth-order valence-electron chi connectivity index (χ4n) is 3.82. The van der Waals surface area contributed by atoms with Gasteiger partial charge in [-0.1, -0.05) is 19.1 Å². The van der Waals surface area contributed by atoms with E-state index in [4.69, 9.17) is 0 Å². The Hall–Kier alpha value is -1.98. The van der Waals surface area contributed by atoms with Crippen LogP contribution in [0.2, 0.25) is 0 Å². The lowest BCUT2D eigenvalue weighted by atomic mass is 9.98. The van der Waals surface area contributed by atoms with Crippen LogP contribution in [0.1, 0.15) is 50.5 Å². The molecule has 0 aliphatic carbocycles. The Bertz CT molecular complexity index is 748. The molecule has 1 aromatic heterocycles. The van der Waals surface area contributed by atoms with Gasteiger partial charge in [0.15, 0.2) is 6.67 Å². The fourth-order valence-corrected chi connectivity index (χ4v) is 4.76. The molecule has 1 aromatic carbocycles. The van der Waals surface area contributed by atoms with Crippen LogP contribution in [0, 0.1) is 0 Å². The van der Waals surface area contributed by atoms with Gasteiger partial charge in [0.25, 0.3) is 11.8 Å². The van der Waals surface area contributed by atoms with Gasteiger partial charge in [-0.05, 0) is 23.6 Å². The first-order valence-corrected chi connectivity index (χ1v) is 8.94. The van der Waals surface area contributed by atoms with Crippen LogP contribution in [0.3, 0.4) is 0 Å². The number of carbonyl (C=O) groups is 2. The largest absolute Gasteiger partial charge is 0.311 e. The lowest BCUT2D eigenvalue weighted by Gasteiger charge is -2.34. The van der Waals surface area contributed by atoms with Gasteiger partial charge in [-0.15, -0.1) is 11.3 Å². The summed E-state index contributed by atoms with van der Waals surface area (Å²) in [5.41, 5.74) is 2.48. The number of fused-ring (bicyclic) bond motifs is 2. The summed E-state index contributed by atoms with van der Waals surface area (Å²) in [4.78, 5) is 29.3. The van der Waals surface area contributed by atoms with Crippen molar-refractivity contribution in [1.29, 1.82) is 0 Å². The number of nitrogens with one attached hydrogen (secondary N) is 1. The number of hydrogen-bond acceptors (Lipinski definition) is 3. The maximum absolute atomic E-state index is 12.6. The zero-order valence-corrected chi connectivity index (χ0v) is 13.9. The van der Waals surface area contributed by atoms with Crippen molar-refractivity contribution in [2.24, 2.45) is 0 Å². The molecule has 5 heteroatoms. The number of hydrogen-bond donors (Lipinski definition) is 1. The summed E-state index contributed by atoms with van der Waals surface area (Å²) in [7, 11) is 0. The highest BCUT2D eigenvalue weighted by molar-refractivity contribution is 7.10. The van der Waals surface area contributed by atoms with E-state index in [1.807, 2.05) is 23.5 Å². The van der Waals surface area contributed by atoms with Gasteiger partial charge in [-0.25, -0.2) is 4.90 Å². The summed E-state index contributed by atoms with van der Waals surface area (Å²) in [6.45, 7) is 3.61. The predicted octanol–water partition coefficient (Wildman–Crippen LogP) is 1.89. The molecule has 4 rings (SSSR count). The van der Waals surface area contributed by atoms with Gasteiger partial charge >= 0.3 is 0 Å². The quantitative estimate of drug-likeness (QED) is 0.875. The van der Waals surface area contributed by atoms with E-state index in [9.17, 15) is 9.59 Å². The second-order valence-corrected chi connectivity index (χ2v) is 7.16. The normalized spacial score (nSPS) is 23.1. The molecule has 3 heterocycles. The summed E-state index contributed by atoms with van der Waals surface area (Å²) >= 11 is 1.82. The number of quaternary nitrogens is 1. The third kappa shape index (κ3) is 2.23. The molecule has 0 saturated heterocycles. The maximum atomic E-state index is 12.6. The molecule has 118 valence electrons. The average molecular weight is 327 g/mol. The molecule has 2 atom stereocenters. The van der Waals surface area contributed by atoms with Gasteiger partial charge in [0.05, 0.1) is 17.7 Å². The monoisotopic (exact) mass is 327 g/mol. The Balaban J connectivity index is 1.60. The lowest BCUT2D eigenvalue weighted by molar-refractivity contribution is -0.940. The minimum absolute atomic E-state index is 0.149. The van der Waals surface area contributed by atoms with E-state index in [2.05, 4.69) is 18.4 Å². The first kappa shape index (κ1) is 14.6. The first-order valence-electron chi connectivity index (χ1n) is 8.06. The Morgan fingerprint density at radius 2 is 1.87 bits per heavy atom. The molecule has 2 amide bonds. The maximum Gasteiger partial charge on any atom is 0.265 e. The van der Waals surface area contributed by atoms with Crippen molar-refractivity contribution in [3.05, 3.63) is 57.3 Å². The fraction of sp³-hybridized carbons (Fsp3) is 0.333. The van der Waals surface area contributed by atoms with Crippen molar-refractivity contribution in [1.82, 2.24) is 4.90 Å². The molecule has 1 unspecified atom stereocenters. The minimum Gasteiger partial charge on any atom is -0.311 e. The van der Waals surface area contributed by atoms with Gasteiger partial charge in [0.1, 0.15) is 6.04 Å². The van der Waals surface area contributed by atoms with E-state index >= 15 is 0 Å². The average Bonchev–Trinajstić information content (AvgIpc) is 3.14. The molecular formula is C18H19N2O2S+. The molecule has 4 nitrogen and oxygen atoms in total. The zero-order valence-electron chi connectivity index (χ0n) is 13.0. The molecule has 23 heavy (non-hydrogen) atoms. The number of nitrogens with zero attached hydrogens (tertiary/aromatic N) is 1. The number of amides is 2. The van der Waals surface area contributed by atoms with Crippen LogP contribution in [0.4, 0.5) is 0 Å². The van der Waals surface area contributed by atoms with Gasteiger partial charge in [0.2, 0.25) is 0 Å². The molecular weight excluding hydrogens is 308 g/mol. The van der Waals surface area contributed by atoms with Crippen molar-refractivity contribution in [2.75, 3.05) is 13.2 Å². The third-order valence-corrected chi connectivity index (χ3v) is 5.97. The highest BCUT2D eigenvalue weighted by atomic mass is 32.1. The van der Waals surface area contributed by atoms with E-state index in [-0.39, 0.29) is 11.8 Å². The second-order valence-electron chi connectivity index (χ2n) is 6.16. The molecule has 0 bridgehead atoms. The standard InChI is InChI=1S/C18H18N2O2S/c1-2-15-14-8-10-23-16(14)7-9-19(15)11-20-17(21)12-5-3-4-6-13(12)18(20)22/h3-6,8,10,15H,2,7,9,11H2,1H3/p+1/t15-/m1/s1. The number of imide groups is 1. The van der Waals surface area contributed by atoms with Crippen LogP contribution in [0.25, 0.3) is 0 Å².